The Hall–Kier alpha value is 0.360. The van der Waals surface area contributed by atoms with Crippen molar-refractivity contribution in [2.24, 2.45) is 0 Å². The lowest BCUT2D eigenvalue weighted by Gasteiger charge is -2.43. The van der Waals surface area contributed by atoms with Crippen LogP contribution < -0.4 is 0 Å². The molecule has 0 aliphatic carbocycles. The lowest BCUT2D eigenvalue weighted by molar-refractivity contribution is -0.133. The highest BCUT2D eigenvalue weighted by atomic mass is 79.9. The molecule has 0 N–H and O–H groups in total. The van der Waals surface area contributed by atoms with Gasteiger partial charge in [-0.05, 0) is 33.6 Å². The smallest absolute Gasteiger partial charge is 0.0806 e. The van der Waals surface area contributed by atoms with Crippen LogP contribution in [0.15, 0.2) is 0 Å². The van der Waals surface area contributed by atoms with Gasteiger partial charge in [-0.3, -0.25) is 4.90 Å². The van der Waals surface area contributed by atoms with Crippen LogP contribution in [-0.2, 0) is 9.47 Å². The van der Waals surface area contributed by atoms with Crippen molar-refractivity contribution in [2.45, 2.75) is 57.5 Å². The van der Waals surface area contributed by atoms with Gasteiger partial charge in [0.25, 0.3) is 0 Å². The second-order valence-corrected chi connectivity index (χ2v) is 6.64. The van der Waals surface area contributed by atoms with Crippen molar-refractivity contribution in [2.75, 3.05) is 25.0 Å². The molecule has 0 aromatic carbocycles. The third kappa shape index (κ3) is 3.91. The summed E-state index contributed by atoms with van der Waals surface area (Å²) in [6, 6.07) is 0. The number of hydrogen-bond acceptors (Lipinski definition) is 3. The third-order valence-electron chi connectivity index (χ3n) is 3.51. The number of morpholine rings is 1. The van der Waals surface area contributed by atoms with E-state index >= 15 is 0 Å². The second-order valence-electron chi connectivity index (χ2n) is 5.99. The first-order chi connectivity index (χ1) is 7.98. The largest absolute Gasteiger partial charge is 0.374 e. The minimum Gasteiger partial charge on any atom is -0.374 e. The number of hydrogen-bond donors (Lipinski definition) is 0. The maximum absolute atomic E-state index is 6.01. The van der Waals surface area contributed by atoms with Gasteiger partial charge in [0.1, 0.15) is 0 Å². The molecule has 0 amide bonds. The summed E-state index contributed by atoms with van der Waals surface area (Å²) in [4.78, 5) is 2.50. The molecule has 4 heteroatoms. The van der Waals surface area contributed by atoms with Crippen molar-refractivity contribution in [3.05, 3.63) is 0 Å². The standard InChI is InChI=1S/C13H24BrNO2/c1-10-4-5-11(16-10)7-15-8-12(6-14)17-13(2,3)9-15/h10-12H,4-9H2,1-3H3. The van der Waals surface area contributed by atoms with E-state index in [1.165, 1.54) is 12.8 Å². The van der Waals surface area contributed by atoms with Crippen molar-refractivity contribution < 1.29 is 9.47 Å². The van der Waals surface area contributed by atoms with E-state index < -0.39 is 0 Å². The first kappa shape index (κ1) is 13.8. The number of alkyl halides is 1. The van der Waals surface area contributed by atoms with E-state index in [4.69, 9.17) is 9.47 Å². The van der Waals surface area contributed by atoms with Gasteiger partial charge in [-0.1, -0.05) is 15.9 Å². The van der Waals surface area contributed by atoms with E-state index in [-0.39, 0.29) is 5.60 Å². The molecule has 3 nitrogen and oxygen atoms in total. The van der Waals surface area contributed by atoms with E-state index in [2.05, 4.69) is 41.6 Å². The van der Waals surface area contributed by atoms with Crippen molar-refractivity contribution in [1.82, 2.24) is 4.90 Å². The van der Waals surface area contributed by atoms with Gasteiger partial charge in [-0.2, -0.15) is 0 Å². The summed E-state index contributed by atoms with van der Waals surface area (Å²) in [6.07, 6.45) is 3.59. The Morgan fingerprint density at radius 2 is 2.06 bits per heavy atom. The molecule has 2 fully saturated rings. The van der Waals surface area contributed by atoms with Gasteiger partial charge in [0, 0.05) is 25.0 Å². The molecule has 2 heterocycles. The Morgan fingerprint density at radius 1 is 1.29 bits per heavy atom. The van der Waals surface area contributed by atoms with Crippen LogP contribution in [0.4, 0.5) is 0 Å². The van der Waals surface area contributed by atoms with Crippen molar-refractivity contribution in [3.63, 3.8) is 0 Å². The summed E-state index contributed by atoms with van der Waals surface area (Å²) in [5.41, 5.74) is -0.0408. The van der Waals surface area contributed by atoms with Gasteiger partial charge in [0.15, 0.2) is 0 Å². The Kier molecular flexibility index (Phi) is 4.50. The number of rotatable bonds is 3. The topological polar surface area (TPSA) is 21.7 Å². The quantitative estimate of drug-likeness (QED) is 0.748. The molecule has 3 atom stereocenters. The fourth-order valence-electron chi connectivity index (χ4n) is 2.94. The van der Waals surface area contributed by atoms with Crippen LogP contribution in [0.2, 0.25) is 0 Å². The van der Waals surface area contributed by atoms with Crippen molar-refractivity contribution >= 4 is 15.9 Å². The van der Waals surface area contributed by atoms with Gasteiger partial charge in [0.05, 0.1) is 23.9 Å². The number of ether oxygens (including phenoxy) is 2. The van der Waals surface area contributed by atoms with E-state index in [9.17, 15) is 0 Å². The Balaban J connectivity index is 1.87. The first-order valence-electron chi connectivity index (χ1n) is 6.60. The third-order valence-corrected chi connectivity index (χ3v) is 4.23. The van der Waals surface area contributed by atoms with E-state index in [0.717, 1.165) is 25.0 Å². The van der Waals surface area contributed by atoms with Gasteiger partial charge < -0.3 is 9.47 Å². The van der Waals surface area contributed by atoms with E-state index in [0.29, 0.717) is 18.3 Å². The molecule has 2 aliphatic heterocycles. The highest BCUT2D eigenvalue weighted by Crippen LogP contribution is 2.25. The second kappa shape index (κ2) is 5.55. The molecule has 0 bridgehead atoms. The summed E-state index contributed by atoms with van der Waals surface area (Å²) in [5, 5.41) is 0.912. The zero-order chi connectivity index (χ0) is 12.5. The molecule has 2 rings (SSSR count). The maximum Gasteiger partial charge on any atom is 0.0806 e. The Labute approximate surface area is 113 Å². The Bertz CT molecular complexity index is 260. The normalized spacial score (nSPS) is 38.5. The number of nitrogens with zero attached hydrogens (tertiary/aromatic N) is 1. The summed E-state index contributed by atoms with van der Waals surface area (Å²) >= 11 is 3.53. The van der Waals surface area contributed by atoms with E-state index in [1.54, 1.807) is 0 Å². The van der Waals surface area contributed by atoms with Gasteiger partial charge in [-0.25, -0.2) is 0 Å². The van der Waals surface area contributed by atoms with Gasteiger partial charge >= 0.3 is 0 Å². The Morgan fingerprint density at radius 3 is 2.65 bits per heavy atom. The minimum absolute atomic E-state index is 0.0408. The van der Waals surface area contributed by atoms with Crippen LogP contribution in [-0.4, -0.2) is 53.8 Å². The molecule has 17 heavy (non-hydrogen) atoms. The van der Waals surface area contributed by atoms with E-state index in [1.807, 2.05) is 0 Å². The zero-order valence-electron chi connectivity index (χ0n) is 11.1. The molecule has 0 radical (unpaired) electrons. The van der Waals surface area contributed by atoms with Gasteiger partial charge in [-0.15, -0.1) is 0 Å². The zero-order valence-corrected chi connectivity index (χ0v) is 12.7. The molecule has 0 aromatic heterocycles. The SMILES string of the molecule is CC1CCC(CN2CC(CBr)OC(C)(C)C2)O1. The fraction of sp³-hybridized carbons (Fsp3) is 1.00. The monoisotopic (exact) mass is 305 g/mol. The summed E-state index contributed by atoms with van der Waals surface area (Å²) < 4.78 is 11.9. The fourth-order valence-corrected chi connectivity index (χ4v) is 3.28. The lowest BCUT2D eigenvalue weighted by atomic mass is 10.0. The summed E-state index contributed by atoms with van der Waals surface area (Å²) in [6.45, 7) is 9.60. The summed E-state index contributed by atoms with van der Waals surface area (Å²) in [5.74, 6) is 0. The molecular formula is C13H24BrNO2. The minimum atomic E-state index is -0.0408. The molecule has 100 valence electrons. The van der Waals surface area contributed by atoms with Crippen LogP contribution >= 0.6 is 15.9 Å². The van der Waals surface area contributed by atoms with Crippen LogP contribution in [0, 0.1) is 0 Å². The summed E-state index contributed by atoms with van der Waals surface area (Å²) in [7, 11) is 0. The molecule has 0 spiro atoms. The van der Waals surface area contributed by atoms with Gasteiger partial charge in [0.2, 0.25) is 0 Å². The molecule has 3 unspecified atom stereocenters. The van der Waals surface area contributed by atoms with Crippen LogP contribution in [0.1, 0.15) is 33.6 Å². The van der Waals surface area contributed by atoms with Crippen LogP contribution in [0.5, 0.6) is 0 Å². The first-order valence-corrected chi connectivity index (χ1v) is 7.72. The number of halogens is 1. The van der Waals surface area contributed by atoms with Crippen LogP contribution in [0.3, 0.4) is 0 Å². The molecule has 2 saturated heterocycles. The average molecular weight is 306 g/mol. The average Bonchev–Trinajstić information content (AvgIpc) is 2.61. The maximum atomic E-state index is 6.01. The highest BCUT2D eigenvalue weighted by molar-refractivity contribution is 9.09. The molecule has 2 aliphatic rings. The van der Waals surface area contributed by atoms with Crippen LogP contribution in [0.25, 0.3) is 0 Å². The highest BCUT2D eigenvalue weighted by Gasteiger charge is 2.34. The molecule has 0 saturated carbocycles. The molecule has 0 aromatic rings. The molecular weight excluding hydrogens is 282 g/mol. The predicted molar refractivity (Wildman–Crippen MR) is 72.8 cm³/mol. The van der Waals surface area contributed by atoms with Crippen molar-refractivity contribution in [3.8, 4) is 0 Å². The predicted octanol–water partition coefficient (Wildman–Crippen LogP) is 2.43. The lowest BCUT2D eigenvalue weighted by Crippen LogP contribution is -2.54. The van der Waals surface area contributed by atoms with Crippen molar-refractivity contribution in [1.29, 1.82) is 0 Å².